The number of halogens is 2. The highest BCUT2D eigenvalue weighted by atomic mass is 35.5. The van der Waals surface area contributed by atoms with Crippen LogP contribution in [0.5, 0.6) is 0 Å². The Kier molecular flexibility index (Phi) is 6.42. The fourth-order valence-corrected chi connectivity index (χ4v) is 3.65. The summed E-state index contributed by atoms with van der Waals surface area (Å²) < 4.78 is 0. The number of carbonyl (C=O) groups is 2. The van der Waals surface area contributed by atoms with Gasteiger partial charge in [-0.15, -0.1) is 0 Å². The first-order chi connectivity index (χ1) is 13.4. The number of aliphatic hydroxyl groups excluding tert-OH is 1. The van der Waals surface area contributed by atoms with Crippen LogP contribution in [0.25, 0.3) is 5.76 Å². The van der Waals surface area contributed by atoms with Gasteiger partial charge in [0.05, 0.1) is 11.6 Å². The topological polar surface area (TPSA) is 57.6 Å². The number of likely N-dealkylation sites (tertiary alicyclic amines) is 1. The lowest BCUT2D eigenvalue weighted by Crippen LogP contribution is -2.30. The summed E-state index contributed by atoms with van der Waals surface area (Å²) in [6.07, 6.45) is 2.74. The fourth-order valence-electron chi connectivity index (χ4n) is 3.40. The molecule has 0 aliphatic carbocycles. The van der Waals surface area contributed by atoms with Gasteiger partial charge in [0.1, 0.15) is 5.76 Å². The molecule has 1 fully saturated rings. The molecule has 0 radical (unpaired) electrons. The number of aliphatic hydroxyl groups is 1. The zero-order chi connectivity index (χ0) is 20.3. The first-order valence-corrected chi connectivity index (χ1v) is 9.99. The van der Waals surface area contributed by atoms with E-state index in [1.165, 1.54) is 0 Å². The Morgan fingerprint density at radius 3 is 2.11 bits per heavy atom. The quantitative estimate of drug-likeness (QED) is 0.287. The van der Waals surface area contributed by atoms with Crippen molar-refractivity contribution in [3.8, 4) is 0 Å². The van der Waals surface area contributed by atoms with Crippen LogP contribution in [0.1, 0.15) is 43.4 Å². The highest BCUT2D eigenvalue weighted by molar-refractivity contribution is 6.46. The maximum atomic E-state index is 12.8. The minimum atomic E-state index is -0.677. The van der Waals surface area contributed by atoms with E-state index in [0.717, 1.165) is 24.8 Å². The molecule has 28 heavy (non-hydrogen) atoms. The van der Waals surface area contributed by atoms with Crippen LogP contribution < -0.4 is 0 Å². The molecule has 2 aromatic carbocycles. The van der Waals surface area contributed by atoms with Crippen LogP contribution >= 0.6 is 23.2 Å². The standard InChI is InChI=1S/C22H21Cl2NO3/c1-2-3-4-13-25-19(14-5-9-16(23)10-6-14)18(21(27)22(25)28)20(26)15-7-11-17(24)12-8-15/h5-12,19,26H,2-4,13H2,1H3/b20-18-. The van der Waals surface area contributed by atoms with Gasteiger partial charge in [-0.1, -0.05) is 55.1 Å². The summed E-state index contributed by atoms with van der Waals surface area (Å²) in [5.74, 6) is -1.47. The van der Waals surface area contributed by atoms with Crippen molar-refractivity contribution in [1.82, 2.24) is 4.90 Å². The lowest BCUT2D eigenvalue weighted by Gasteiger charge is -2.25. The Hall–Kier alpha value is -2.30. The number of ketones is 1. The lowest BCUT2D eigenvalue weighted by atomic mass is 9.95. The number of hydrogen-bond donors (Lipinski definition) is 1. The monoisotopic (exact) mass is 417 g/mol. The molecule has 0 spiro atoms. The average molecular weight is 418 g/mol. The summed E-state index contributed by atoms with van der Waals surface area (Å²) in [6, 6.07) is 12.8. The molecule has 3 rings (SSSR count). The maximum absolute atomic E-state index is 12.8. The third-order valence-electron chi connectivity index (χ3n) is 4.85. The van der Waals surface area contributed by atoms with Crippen molar-refractivity contribution in [2.75, 3.05) is 6.54 Å². The second kappa shape index (κ2) is 8.80. The van der Waals surface area contributed by atoms with Gasteiger partial charge in [0.2, 0.25) is 0 Å². The minimum Gasteiger partial charge on any atom is -0.507 e. The van der Waals surface area contributed by atoms with E-state index in [0.29, 0.717) is 22.2 Å². The van der Waals surface area contributed by atoms with Gasteiger partial charge in [0.15, 0.2) is 0 Å². The van der Waals surface area contributed by atoms with Crippen LogP contribution in [0.2, 0.25) is 10.0 Å². The van der Waals surface area contributed by atoms with Crippen LogP contribution in [0.3, 0.4) is 0 Å². The molecule has 1 atom stereocenters. The molecule has 1 amide bonds. The van der Waals surface area contributed by atoms with Gasteiger partial charge in [-0.05, 0) is 48.4 Å². The van der Waals surface area contributed by atoms with Crippen molar-refractivity contribution < 1.29 is 14.7 Å². The lowest BCUT2D eigenvalue weighted by molar-refractivity contribution is -0.139. The summed E-state index contributed by atoms with van der Waals surface area (Å²) in [4.78, 5) is 27.1. The van der Waals surface area contributed by atoms with Gasteiger partial charge in [0.25, 0.3) is 11.7 Å². The number of benzene rings is 2. The largest absolute Gasteiger partial charge is 0.507 e. The highest BCUT2D eigenvalue weighted by Crippen LogP contribution is 2.39. The molecule has 1 saturated heterocycles. The van der Waals surface area contributed by atoms with E-state index in [1.54, 1.807) is 53.4 Å². The van der Waals surface area contributed by atoms with Crippen molar-refractivity contribution in [2.45, 2.75) is 32.2 Å². The summed E-state index contributed by atoms with van der Waals surface area (Å²) in [5.41, 5.74) is 1.26. The second-order valence-electron chi connectivity index (χ2n) is 6.76. The molecule has 1 unspecified atom stereocenters. The number of Topliss-reactive ketones (excluding diaryl/α,β-unsaturated/α-hetero) is 1. The Morgan fingerprint density at radius 2 is 1.54 bits per heavy atom. The van der Waals surface area contributed by atoms with Gasteiger partial charge >= 0.3 is 0 Å². The van der Waals surface area contributed by atoms with Gasteiger partial charge in [-0.25, -0.2) is 0 Å². The third-order valence-corrected chi connectivity index (χ3v) is 5.35. The number of unbranched alkanes of at least 4 members (excludes halogenated alkanes) is 2. The van der Waals surface area contributed by atoms with Crippen LogP contribution in [-0.2, 0) is 9.59 Å². The summed E-state index contributed by atoms with van der Waals surface area (Å²) in [6.45, 7) is 2.52. The Labute approximate surface area is 174 Å². The molecule has 0 saturated carbocycles. The van der Waals surface area contributed by atoms with Gasteiger partial charge in [0, 0.05) is 22.2 Å². The van der Waals surface area contributed by atoms with E-state index in [4.69, 9.17) is 23.2 Å². The normalized spacial score (nSPS) is 18.7. The van der Waals surface area contributed by atoms with E-state index >= 15 is 0 Å². The molecule has 0 aromatic heterocycles. The van der Waals surface area contributed by atoms with Crippen LogP contribution in [0, 0.1) is 0 Å². The van der Waals surface area contributed by atoms with Crippen molar-refractivity contribution in [2.24, 2.45) is 0 Å². The first-order valence-electron chi connectivity index (χ1n) is 9.24. The fraction of sp³-hybridized carbons (Fsp3) is 0.273. The highest BCUT2D eigenvalue weighted by Gasteiger charge is 2.45. The van der Waals surface area contributed by atoms with E-state index in [9.17, 15) is 14.7 Å². The van der Waals surface area contributed by atoms with Crippen LogP contribution in [0.15, 0.2) is 54.1 Å². The second-order valence-corrected chi connectivity index (χ2v) is 7.63. The van der Waals surface area contributed by atoms with Crippen LogP contribution in [-0.4, -0.2) is 28.2 Å². The molecule has 1 aliphatic heterocycles. The van der Waals surface area contributed by atoms with E-state index < -0.39 is 17.7 Å². The van der Waals surface area contributed by atoms with Gasteiger partial charge in [-0.2, -0.15) is 0 Å². The van der Waals surface area contributed by atoms with E-state index in [1.807, 2.05) is 0 Å². The molecule has 1 N–H and O–H groups in total. The number of carbonyl (C=O) groups excluding carboxylic acids is 2. The zero-order valence-corrected chi connectivity index (χ0v) is 17.0. The van der Waals surface area contributed by atoms with Crippen molar-refractivity contribution in [3.63, 3.8) is 0 Å². The van der Waals surface area contributed by atoms with Gasteiger partial charge < -0.3 is 10.0 Å². The SMILES string of the molecule is CCCCCN1C(=O)C(=O)/C(=C(\O)c2ccc(Cl)cc2)C1c1ccc(Cl)cc1. The van der Waals surface area contributed by atoms with E-state index in [2.05, 4.69) is 6.92 Å². The Bertz CT molecular complexity index is 904. The summed E-state index contributed by atoms with van der Waals surface area (Å²) in [7, 11) is 0. The number of nitrogens with zero attached hydrogens (tertiary/aromatic N) is 1. The predicted molar refractivity (Wildman–Crippen MR) is 111 cm³/mol. The summed E-state index contributed by atoms with van der Waals surface area (Å²) >= 11 is 11.9. The molecular weight excluding hydrogens is 397 g/mol. The molecule has 1 aliphatic rings. The molecule has 4 nitrogen and oxygen atoms in total. The van der Waals surface area contributed by atoms with Crippen molar-refractivity contribution in [3.05, 3.63) is 75.3 Å². The molecule has 146 valence electrons. The van der Waals surface area contributed by atoms with Crippen molar-refractivity contribution in [1.29, 1.82) is 0 Å². The number of amides is 1. The molecule has 2 aromatic rings. The predicted octanol–water partition coefficient (Wildman–Crippen LogP) is 5.61. The smallest absolute Gasteiger partial charge is 0.295 e. The Balaban J connectivity index is 2.10. The van der Waals surface area contributed by atoms with Crippen molar-refractivity contribution >= 4 is 40.7 Å². The zero-order valence-electron chi connectivity index (χ0n) is 15.5. The number of rotatable bonds is 6. The summed E-state index contributed by atoms with van der Waals surface area (Å²) in [5, 5.41) is 12.0. The number of hydrogen-bond acceptors (Lipinski definition) is 3. The van der Waals surface area contributed by atoms with E-state index in [-0.39, 0.29) is 11.3 Å². The minimum absolute atomic E-state index is 0.0890. The molecule has 1 heterocycles. The average Bonchev–Trinajstić information content (AvgIpc) is 2.94. The Morgan fingerprint density at radius 1 is 0.964 bits per heavy atom. The molecular formula is C22H21Cl2NO3. The third kappa shape index (κ3) is 4.08. The molecule has 6 heteroatoms. The molecule has 0 bridgehead atoms. The van der Waals surface area contributed by atoms with Crippen LogP contribution in [0.4, 0.5) is 0 Å². The maximum Gasteiger partial charge on any atom is 0.295 e. The van der Waals surface area contributed by atoms with Gasteiger partial charge in [-0.3, -0.25) is 9.59 Å². The first kappa shape index (κ1) is 20.4.